The summed E-state index contributed by atoms with van der Waals surface area (Å²) in [5.41, 5.74) is -0.920. The molecule has 3 rings (SSSR count). The Kier molecular flexibility index (Phi) is 4.03. The first kappa shape index (κ1) is 16.4. The number of anilines is 1. The van der Waals surface area contributed by atoms with E-state index in [0.717, 1.165) is 0 Å². The number of carbonyl (C=O) groups is 1. The van der Waals surface area contributed by atoms with E-state index in [1.165, 1.54) is 18.2 Å². The van der Waals surface area contributed by atoms with E-state index in [4.69, 9.17) is 0 Å². The molecule has 0 aliphatic heterocycles. The van der Waals surface area contributed by atoms with Crippen molar-refractivity contribution in [2.75, 3.05) is 5.32 Å². The summed E-state index contributed by atoms with van der Waals surface area (Å²) >= 11 is 0. The number of hydrogen-bond donors (Lipinski definition) is 1. The van der Waals surface area contributed by atoms with Crippen LogP contribution in [-0.2, 0) is 11.0 Å². The quantitative estimate of drug-likeness (QED) is 0.804. The topological polar surface area (TPSA) is 29.1 Å². The average Bonchev–Trinajstić information content (AvgIpc) is 3.29. The maximum Gasteiger partial charge on any atom is 0.416 e. The molecule has 2 atom stereocenters. The molecule has 126 valence electrons. The lowest BCUT2D eigenvalue weighted by molar-refractivity contribution is -0.137. The third-order valence-corrected chi connectivity index (χ3v) is 3.96. The van der Waals surface area contributed by atoms with Gasteiger partial charge in [-0.15, -0.1) is 0 Å². The van der Waals surface area contributed by atoms with Gasteiger partial charge in [0.15, 0.2) is 0 Å². The molecule has 24 heavy (non-hydrogen) atoms. The van der Waals surface area contributed by atoms with Crippen LogP contribution in [0.3, 0.4) is 0 Å². The summed E-state index contributed by atoms with van der Waals surface area (Å²) in [5.74, 6) is -2.68. The van der Waals surface area contributed by atoms with E-state index in [1.807, 2.05) is 0 Å². The molecule has 2 nitrogen and oxygen atoms in total. The summed E-state index contributed by atoms with van der Waals surface area (Å²) in [4.78, 5) is 12.1. The van der Waals surface area contributed by atoms with E-state index in [1.54, 1.807) is 6.07 Å². The van der Waals surface area contributed by atoms with E-state index >= 15 is 0 Å². The molecule has 0 heterocycles. The van der Waals surface area contributed by atoms with Crippen molar-refractivity contribution in [1.29, 1.82) is 0 Å². The summed E-state index contributed by atoms with van der Waals surface area (Å²) < 4.78 is 64.8. The van der Waals surface area contributed by atoms with Gasteiger partial charge >= 0.3 is 6.18 Å². The van der Waals surface area contributed by atoms with E-state index in [9.17, 15) is 26.7 Å². The van der Waals surface area contributed by atoms with Crippen molar-refractivity contribution in [1.82, 2.24) is 0 Å². The van der Waals surface area contributed by atoms with Gasteiger partial charge in [0.1, 0.15) is 11.6 Å². The van der Waals surface area contributed by atoms with Gasteiger partial charge in [0.2, 0.25) is 5.91 Å². The van der Waals surface area contributed by atoms with Gasteiger partial charge in [0, 0.05) is 5.92 Å². The fourth-order valence-corrected chi connectivity index (χ4v) is 2.61. The number of amides is 1. The van der Waals surface area contributed by atoms with Crippen molar-refractivity contribution in [2.45, 2.75) is 18.5 Å². The number of nitrogens with one attached hydrogen (secondary N) is 1. The predicted molar refractivity (Wildman–Crippen MR) is 77.3 cm³/mol. The number of hydrogen-bond acceptors (Lipinski definition) is 1. The van der Waals surface area contributed by atoms with Crippen LogP contribution >= 0.6 is 0 Å². The zero-order valence-electron chi connectivity index (χ0n) is 12.2. The van der Waals surface area contributed by atoms with Crippen LogP contribution in [0, 0.1) is 17.6 Å². The van der Waals surface area contributed by atoms with E-state index in [-0.39, 0.29) is 5.92 Å². The minimum Gasteiger partial charge on any atom is -0.323 e. The Balaban J connectivity index is 1.72. The number of rotatable bonds is 3. The molecule has 0 bridgehead atoms. The molecule has 2 unspecified atom stereocenters. The predicted octanol–water partition coefficient (Wildman–Crippen LogP) is 4.73. The standard InChI is InChI=1S/C17H12F5NO/c18-11-3-1-2-9(6-11)12-8-13(12)16(24)23-15-7-10(17(20,21)22)4-5-14(15)19/h1-7,12-13H,8H2,(H,23,24). The van der Waals surface area contributed by atoms with Gasteiger partial charge in [-0.2, -0.15) is 13.2 Å². The lowest BCUT2D eigenvalue weighted by atomic mass is 10.1. The second-order valence-corrected chi connectivity index (χ2v) is 5.69. The minimum atomic E-state index is -4.63. The first-order chi connectivity index (χ1) is 11.3. The van der Waals surface area contributed by atoms with Crippen molar-refractivity contribution in [3.63, 3.8) is 0 Å². The van der Waals surface area contributed by atoms with Crippen LogP contribution < -0.4 is 5.32 Å². The maximum absolute atomic E-state index is 13.6. The molecule has 1 amide bonds. The third kappa shape index (κ3) is 3.39. The van der Waals surface area contributed by atoms with Gasteiger partial charge in [-0.05, 0) is 48.2 Å². The van der Waals surface area contributed by atoms with Crippen LogP contribution in [0.4, 0.5) is 27.6 Å². The first-order valence-electron chi connectivity index (χ1n) is 7.19. The van der Waals surface area contributed by atoms with Crippen molar-refractivity contribution in [3.05, 3.63) is 65.2 Å². The van der Waals surface area contributed by atoms with Crippen LogP contribution in [-0.4, -0.2) is 5.91 Å². The molecule has 1 aliphatic rings. The molecule has 0 saturated heterocycles. The summed E-state index contributed by atoms with van der Waals surface area (Å²) in [6, 6.07) is 7.61. The van der Waals surface area contributed by atoms with Gasteiger partial charge < -0.3 is 5.32 Å². The lowest BCUT2D eigenvalue weighted by Crippen LogP contribution is -2.16. The number of alkyl halides is 3. The van der Waals surface area contributed by atoms with Gasteiger partial charge in [0.25, 0.3) is 0 Å². The van der Waals surface area contributed by atoms with Crippen molar-refractivity contribution in [3.8, 4) is 0 Å². The highest BCUT2D eigenvalue weighted by atomic mass is 19.4. The highest BCUT2D eigenvalue weighted by Gasteiger charge is 2.44. The largest absolute Gasteiger partial charge is 0.416 e. The van der Waals surface area contributed by atoms with Gasteiger partial charge in [-0.1, -0.05) is 12.1 Å². The summed E-state index contributed by atoms with van der Waals surface area (Å²) in [7, 11) is 0. The van der Waals surface area contributed by atoms with Crippen molar-refractivity contribution < 1.29 is 26.7 Å². The maximum atomic E-state index is 13.6. The Morgan fingerprint density at radius 3 is 2.50 bits per heavy atom. The zero-order valence-corrected chi connectivity index (χ0v) is 12.2. The number of carbonyl (C=O) groups excluding carboxylic acids is 1. The Bertz CT molecular complexity index is 787. The zero-order chi connectivity index (χ0) is 17.5. The number of halogens is 5. The smallest absolute Gasteiger partial charge is 0.323 e. The second kappa shape index (κ2) is 5.89. The monoisotopic (exact) mass is 341 g/mol. The summed E-state index contributed by atoms with van der Waals surface area (Å²) in [5, 5.41) is 2.19. The Hall–Kier alpha value is -2.44. The Labute approximate surface area is 134 Å². The first-order valence-corrected chi connectivity index (χ1v) is 7.19. The van der Waals surface area contributed by atoms with Crippen LogP contribution in [0.5, 0.6) is 0 Å². The van der Waals surface area contributed by atoms with Crippen LogP contribution in [0.15, 0.2) is 42.5 Å². The molecule has 0 radical (unpaired) electrons. The molecule has 1 fully saturated rings. The van der Waals surface area contributed by atoms with Gasteiger partial charge in [0.05, 0.1) is 11.3 Å². The van der Waals surface area contributed by atoms with E-state index in [2.05, 4.69) is 5.32 Å². The van der Waals surface area contributed by atoms with Crippen LogP contribution in [0.2, 0.25) is 0 Å². The molecular formula is C17H12F5NO. The highest BCUT2D eigenvalue weighted by Crippen LogP contribution is 2.48. The van der Waals surface area contributed by atoms with E-state index < -0.39 is 40.9 Å². The highest BCUT2D eigenvalue weighted by molar-refractivity contribution is 5.95. The molecular weight excluding hydrogens is 329 g/mol. The molecule has 1 N–H and O–H groups in total. The van der Waals surface area contributed by atoms with Crippen LogP contribution in [0.1, 0.15) is 23.5 Å². The Morgan fingerprint density at radius 1 is 1.08 bits per heavy atom. The molecule has 2 aromatic carbocycles. The Morgan fingerprint density at radius 2 is 1.83 bits per heavy atom. The molecule has 1 aliphatic carbocycles. The second-order valence-electron chi connectivity index (χ2n) is 5.69. The number of benzene rings is 2. The molecule has 0 aromatic heterocycles. The van der Waals surface area contributed by atoms with Crippen molar-refractivity contribution in [2.24, 2.45) is 5.92 Å². The fraction of sp³-hybridized carbons (Fsp3) is 0.235. The summed E-state index contributed by atoms with van der Waals surface area (Å²) in [6.45, 7) is 0. The third-order valence-electron chi connectivity index (χ3n) is 3.96. The van der Waals surface area contributed by atoms with Gasteiger partial charge in [-0.3, -0.25) is 4.79 Å². The normalized spacial score (nSPS) is 19.9. The fourth-order valence-electron chi connectivity index (χ4n) is 2.61. The minimum absolute atomic E-state index is 0.213. The SMILES string of the molecule is O=C(Nc1cc(C(F)(F)F)ccc1F)C1CC1c1cccc(F)c1. The molecule has 1 saturated carbocycles. The van der Waals surface area contributed by atoms with Gasteiger partial charge in [-0.25, -0.2) is 8.78 Å². The summed E-state index contributed by atoms with van der Waals surface area (Å²) in [6.07, 6.45) is -4.19. The molecule has 0 spiro atoms. The molecule has 7 heteroatoms. The lowest BCUT2D eigenvalue weighted by Gasteiger charge is -2.11. The van der Waals surface area contributed by atoms with E-state index in [0.29, 0.717) is 30.2 Å². The van der Waals surface area contributed by atoms with Crippen molar-refractivity contribution >= 4 is 11.6 Å². The van der Waals surface area contributed by atoms with Crippen LogP contribution in [0.25, 0.3) is 0 Å². The molecule has 2 aromatic rings. The average molecular weight is 341 g/mol.